The van der Waals surface area contributed by atoms with Crippen LogP contribution >= 0.6 is 0 Å². The molecule has 31 heavy (non-hydrogen) atoms. The standard InChI is InChI=1S/C24H26N6O/c1-17(12-18(14-25-2)16-30-10-3-4-11-30)19-7-8-22-21(13-19)23(29-28-22)24(31)27-20-6-5-9-26-15-20/h5-9,12-15H,2-4,10-11,16H2,1H3,(H,27,31)(H,28,29)/b17-12+,18-14+. The lowest BCUT2D eigenvalue weighted by molar-refractivity contribution is 0.102. The molecule has 1 fully saturated rings. The molecule has 0 atom stereocenters. The minimum atomic E-state index is -0.275. The summed E-state index contributed by atoms with van der Waals surface area (Å²) in [4.78, 5) is 23.2. The third-order valence-corrected chi connectivity index (χ3v) is 5.42. The molecule has 2 aromatic heterocycles. The van der Waals surface area contributed by atoms with Crippen LogP contribution in [0.2, 0.25) is 0 Å². The Labute approximate surface area is 181 Å². The first-order valence-electron chi connectivity index (χ1n) is 10.4. The van der Waals surface area contributed by atoms with Crippen molar-refractivity contribution in [2.75, 3.05) is 25.0 Å². The molecule has 1 saturated heterocycles. The van der Waals surface area contributed by atoms with Crippen molar-refractivity contribution in [2.24, 2.45) is 4.99 Å². The van der Waals surface area contributed by atoms with Crippen molar-refractivity contribution in [3.05, 3.63) is 71.8 Å². The van der Waals surface area contributed by atoms with Gasteiger partial charge < -0.3 is 5.32 Å². The zero-order chi connectivity index (χ0) is 21.6. The third-order valence-electron chi connectivity index (χ3n) is 5.42. The molecule has 7 nitrogen and oxygen atoms in total. The highest BCUT2D eigenvalue weighted by atomic mass is 16.1. The zero-order valence-electron chi connectivity index (χ0n) is 17.6. The molecule has 3 aromatic rings. The summed E-state index contributed by atoms with van der Waals surface area (Å²) >= 11 is 0. The van der Waals surface area contributed by atoms with E-state index in [9.17, 15) is 4.79 Å². The van der Waals surface area contributed by atoms with Crippen LogP contribution in [0.3, 0.4) is 0 Å². The van der Waals surface area contributed by atoms with Crippen LogP contribution < -0.4 is 5.32 Å². The van der Waals surface area contributed by atoms with Gasteiger partial charge in [0.25, 0.3) is 5.91 Å². The quantitative estimate of drug-likeness (QED) is 0.446. The first-order chi connectivity index (χ1) is 15.1. The number of carbonyl (C=O) groups is 1. The lowest BCUT2D eigenvalue weighted by atomic mass is 10.0. The average Bonchev–Trinajstić information content (AvgIpc) is 3.43. The Morgan fingerprint density at radius 3 is 2.90 bits per heavy atom. The van der Waals surface area contributed by atoms with Crippen molar-refractivity contribution in [3.8, 4) is 0 Å². The molecule has 1 aliphatic rings. The highest BCUT2D eigenvalue weighted by Gasteiger charge is 2.16. The number of nitrogens with zero attached hydrogens (tertiary/aromatic N) is 4. The summed E-state index contributed by atoms with van der Waals surface area (Å²) in [5.41, 5.74) is 5.04. The molecule has 4 rings (SSSR count). The molecular weight excluding hydrogens is 388 g/mol. The summed E-state index contributed by atoms with van der Waals surface area (Å²) in [5, 5.41) is 10.8. The number of hydrogen-bond donors (Lipinski definition) is 2. The van der Waals surface area contributed by atoms with Gasteiger partial charge in [-0.3, -0.25) is 24.8 Å². The maximum Gasteiger partial charge on any atom is 0.276 e. The first-order valence-corrected chi connectivity index (χ1v) is 10.4. The molecule has 7 heteroatoms. The SMILES string of the molecule is C=N/C=C(\C=C(/C)c1ccc2[nH]nc(C(=O)Nc3cccnc3)c2c1)CN1CCCC1. The van der Waals surface area contributed by atoms with Crippen molar-refractivity contribution in [2.45, 2.75) is 19.8 Å². The topological polar surface area (TPSA) is 86.3 Å². The fourth-order valence-corrected chi connectivity index (χ4v) is 3.86. The number of rotatable bonds is 7. The Morgan fingerprint density at radius 1 is 1.32 bits per heavy atom. The maximum absolute atomic E-state index is 12.8. The number of hydrogen-bond acceptors (Lipinski definition) is 5. The van der Waals surface area contributed by atoms with Gasteiger partial charge in [0.1, 0.15) is 0 Å². The Morgan fingerprint density at radius 2 is 2.16 bits per heavy atom. The Kier molecular flexibility index (Phi) is 6.33. The molecule has 1 aromatic carbocycles. The zero-order valence-corrected chi connectivity index (χ0v) is 17.6. The van der Waals surface area contributed by atoms with Gasteiger partial charge in [0, 0.05) is 24.3 Å². The van der Waals surface area contributed by atoms with Crippen molar-refractivity contribution >= 4 is 34.8 Å². The van der Waals surface area contributed by atoms with Gasteiger partial charge in [-0.2, -0.15) is 5.10 Å². The number of allylic oxidation sites excluding steroid dienone is 1. The Bertz CT molecular complexity index is 1140. The predicted molar refractivity (Wildman–Crippen MR) is 125 cm³/mol. The van der Waals surface area contributed by atoms with Crippen LogP contribution in [0.1, 0.15) is 35.8 Å². The van der Waals surface area contributed by atoms with Gasteiger partial charge in [0.15, 0.2) is 5.69 Å². The van der Waals surface area contributed by atoms with Gasteiger partial charge >= 0.3 is 0 Å². The fourth-order valence-electron chi connectivity index (χ4n) is 3.86. The summed E-state index contributed by atoms with van der Waals surface area (Å²) in [6.45, 7) is 8.80. The lowest BCUT2D eigenvalue weighted by Crippen LogP contribution is -2.21. The summed E-state index contributed by atoms with van der Waals surface area (Å²) in [5.74, 6) is -0.275. The number of pyridine rings is 1. The van der Waals surface area contributed by atoms with E-state index < -0.39 is 0 Å². The minimum absolute atomic E-state index is 0.275. The Hall–Kier alpha value is -3.58. The average molecular weight is 415 g/mol. The van der Waals surface area contributed by atoms with E-state index in [1.807, 2.05) is 24.4 Å². The smallest absolute Gasteiger partial charge is 0.276 e. The molecule has 158 valence electrons. The normalized spacial score (nSPS) is 15.4. The third kappa shape index (κ3) is 4.95. The Balaban J connectivity index is 1.59. The number of H-pyrrole nitrogens is 1. The van der Waals surface area contributed by atoms with Crippen LogP contribution in [0.4, 0.5) is 5.69 Å². The van der Waals surface area contributed by atoms with E-state index in [4.69, 9.17) is 0 Å². The number of anilines is 1. The number of aliphatic imine (C=N–C) groups is 1. The van der Waals surface area contributed by atoms with E-state index in [0.29, 0.717) is 11.4 Å². The highest BCUT2D eigenvalue weighted by Crippen LogP contribution is 2.24. The van der Waals surface area contributed by atoms with E-state index >= 15 is 0 Å². The number of aromatic nitrogens is 3. The van der Waals surface area contributed by atoms with Crippen molar-refractivity contribution in [1.82, 2.24) is 20.1 Å². The van der Waals surface area contributed by atoms with Gasteiger partial charge in [0.2, 0.25) is 0 Å². The molecule has 1 amide bonds. The molecule has 0 unspecified atom stereocenters. The maximum atomic E-state index is 12.8. The van der Waals surface area contributed by atoms with Crippen molar-refractivity contribution in [1.29, 1.82) is 0 Å². The molecule has 0 aliphatic carbocycles. The second-order valence-corrected chi connectivity index (χ2v) is 7.73. The molecule has 0 bridgehead atoms. The molecular formula is C24H26N6O. The van der Waals surface area contributed by atoms with Gasteiger partial charge in [0.05, 0.1) is 17.4 Å². The molecule has 0 spiro atoms. The summed E-state index contributed by atoms with van der Waals surface area (Å²) in [6, 6.07) is 9.54. The number of benzene rings is 1. The van der Waals surface area contributed by atoms with Gasteiger partial charge in [-0.25, -0.2) is 0 Å². The number of nitrogens with one attached hydrogen (secondary N) is 2. The molecule has 0 saturated carbocycles. The highest BCUT2D eigenvalue weighted by molar-refractivity contribution is 6.11. The van der Waals surface area contributed by atoms with Crippen LogP contribution in [0.5, 0.6) is 0 Å². The summed E-state index contributed by atoms with van der Waals surface area (Å²) in [6.07, 6.45) is 9.73. The second-order valence-electron chi connectivity index (χ2n) is 7.73. The second kappa shape index (κ2) is 9.49. The van der Waals surface area contributed by atoms with Crippen molar-refractivity contribution in [3.63, 3.8) is 0 Å². The monoisotopic (exact) mass is 414 g/mol. The van der Waals surface area contributed by atoms with Crippen LogP contribution in [0, 0.1) is 0 Å². The summed E-state index contributed by atoms with van der Waals surface area (Å²) in [7, 11) is 0. The lowest BCUT2D eigenvalue weighted by Gasteiger charge is -2.15. The molecule has 1 aliphatic heterocycles. The van der Waals surface area contributed by atoms with Gasteiger partial charge in [-0.15, -0.1) is 0 Å². The van der Waals surface area contributed by atoms with Crippen LogP contribution in [0.15, 0.2) is 65.6 Å². The minimum Gasteiger partial charge on any atom is -0.319 e. The van der Waals surface area contributed by atoms with Crippen LogP contribution in [-0.4, -0.2) is 52.3 Å². The summed E-state index contributed by atoms with van der Waals surface area (Å²) < 4.78 is 0. The van der Waals surface area contributed by atoms with E-state index in [-0.39, 0.29) is 5.91 Å². The molecule has 2 N–H and O–H groups in total. The van der Waals surface area contributed by atoms with Gasteiger partial charge in [-0.1, -0.05) is 12.1 Å². The first kappa shape index (κ1) is 20.7. The number of likely N-dealkylation sites (tertiary alicyclic amines) is 1. The van der Waals surface area contributed by atoms with E-state index in [0.717, 1.165) is 47.2 Å². The van der Waals surface area contributed by atoms with Crippen LogP contribution in [-0.2, 0) is 0 Å². The van der Waals surface area contributed by atoms with Crippen LogP contribution in [0.25, 0.3) is 16.5 Å². The molecule has 3 heterocycles. The largest absolute Gasteiger partial charge is 0.319 e. The number of amides is 1. The number of carbonyl (C=O) groups excluding carboxylic acids is 1. The number of fused-ring (bicyclic) bond motifs is 1. The fraction of sp³-hybridized carbons (Fsp3) is 0.250. The van der Waals surface area contributed by atoms with Crippen molar-refractivity contribution < 1.29 is 4.79 Å². The molecule has 0 radical (unpaired) electrons. The van der Waals surface area contributed by atoms with E-state index in [2.05, 4.69) is 50.1 Å². The van der Waals surface area contributed by atoms with Gasteiger partial charge in [-0.05, 0) is 80.5 Å². The van der Waals surface area contributed by atoms with E-state index in [1.165, 1.54) is 12.8 Å². The number of aromatic amines is 1. The van der Waals surface area contributed by atoms with E-state index in [1.54, 1.807) is 24.5 Å². The predicted octanol–water partition coefficient (Wildman–Crippen LogP) is 4.29.